The minimum atomic E-state index is -0.919. The highest BCUT2D eigenvalue weighted by Crippen LogP contribution is 2.38. The number of esters is 1. The maximum atomic E-state index is 14.4. The Hall–Kier alpha value is -6.65. The van der Waals surface area contributed by atoms with Crippen LogP contribution in [0.1, 0.15) is 27.8 Å². The maximum absolute atomic E-state index is 14.4. The molecule has 0 saturated carbocycles. The molecule has 54 heavy (non-hydrogen) atoms. The molecule has 0 amide bonds. The number of para-hydroxylation sites is 1. The number of carbonyl (C=O) groups excluding carboxylic acids is 1. The molecule has 1 unspecified atom stereocenters. The molecule has 0 bridgehead atoms. The first kappa shape index (κ1) is 35.7. The van der Waals surface area contributed by atoms with E-state index in [2.05, 4.69) is 52.0 Å². The number of nitrogens with zero attached hydrogens (tertiary/aromatic N) is 3. The number of benzene rings is 6. The average molecular weight is 721 g/mol. The predicted molar refractivity (Wildman–Crippen MR) is 205 cm³/mol. The maximum Gasteiger partial charge on any atom is 0.323 e. The van der Waals surface area contributed by atoms with Gasteiger partial charge in [-0.05, 0) is 70.3 Å². The zero-order valence-electron chi connectivity index (χ0n) is 30.0. The standard InChI is InChI=1S/C44H40N4O6/c1-50-38-27-24-33(42(29-38)51-2)30-52-43(49)40(28-32-22-25-37(26-23-32)53-31-54-48-41-21-13-12-20-39(41)46-47-48)45-44(34-14-6-3-7-15-34,35-16-8-4-9-17-35)36-18-10-5-11-19-36/h3-27,29,40,45H,28,30-31H2,1-2H3. The molecule has 0 fully saturated rings. The fourth-order valence-electron chi connectivity index (χ4n) is 6.53. The zero-order chi connectivity index (χ0) is 37.2. The van der Waals surface area contributed by atoms with Crippen LogP contribution in [0.3, 0.4) is 0 Å². The Balaban J connectivity index is 1.18. The van der Waals surface area contributed by atoms with Crippen LogP contribution in [-0.2, 0) is 28.1 Å². The van der Waals surface area contributed by atoms with E-state index in [1.807, 2.05) is 115 Å². The molecule has 0 saturated heterocycles. The van der Waals surface area contributed by atoms with Crippen molar-refractivity contribution in [3.63, 3.8) is 0 Å². The average Bonchev–Trinajstić information content (AvgIpc) is 3.65. The molecule has 0 aliphatic heterocycles. The van der Waals surface area contributed by atoms with Gasteiger partial charge in [0, 0.05) is 11.6 Å². The van der Waals surface area contributed by atoms with Crippen molar-refractivity contribution in [2.24, 2.45) is 0 Å². The van der Waals surface area contributed by atoms with E-state index < -0.39 is 17.6 Å². The number of nitrogens with one attached hydrogen (secondary N) is 1. The molecule has 0 radical (unpaired) electrons. The lowest BCUT2D eigenvalue weighted by Gasteiger charge is -2.39. The number of aromatic nitrogens is 3. The van der Waals surface area contributed by atoms with Crippen molar-refractivity contribution in [1.82, 2.24) is 20.5 Å². The third kappa shape index (κ3) is 7.89. The molecule has 7 aromatic rings. The van der Waals surface area contributed by atoms with E-state index in [1.165, 1.54) is 4.85 Å². The largest absolute Gasteiger partial charge is 0.497 e. The van der Waals surface area contributed by atoms with Crippen molar-refractivity contribution in [2.75, 3.05) is 21.0 Å². The SMILES string of the molecule is COc1ccc(COC(=O)C(Cc2ccc(OCOn3nnc4ccccc43)cc2)NC(c2ccccc2)(c2ccccc2)c2ccccc2)c(OC)c1. The molecule has 1 aromatic heterocycles. The number of methoxy groups -OCH3 is 2. The van der Waals surface area contributed by atoms with Gasteiger partial charge in [0.1, 0.15) is 40.9 Å². The molecule has 272 valence electrons. The molecule has 6 aromatic carbocycles. The van der Waals surface area contributed by atoms with Gasteiger partial charge < -0.3 is 23.8 Å². The molecule has 0 aliphatic rings. The summed E-state index contributed by atoms with van der Waals surface area (Å²) in [7, 11) is 3.17. The Morgan fingerprint density at radius 1 is 0.704 bits per heavy atom. The summed E-state index contributed by atoms with van der Waals surface area (Å²) >= 11 is 0. The molecule has 0 aliphatic carbocycles. The molecular formula is C44H40N4O6. The van der Waals surface area contributed by atoms with Crippen molar-refractivity contribution >= 4 is 17.0 Å². The molecule has 10 nitrogen and oxygen atoms in total. The smallest absolute Gasteiger partial charge is 0.323 e. The van der Waals surface area contributed by atoms with Crippen molar-refractivity contribution in [3.8, 4) is 17.2 Å². The second kappa shape index (κ2) is 16.8. The van der Waals surface area contributed by atoms with Gasteiger partial charge >= 0.3 is 5.97 Å². The minimum Gasteiger partial charge on any atom is -0.497 e. The van der Waals surface area contributed by atoms with Gasteiger partial charge in [0.15, 0.2) is 0 Å². The molecule has 0 spiro atoms. The highest BCUT2D eigenvalue weighted by Gasteiger charge is 2.40. The normalized spacial score (nSPS) is 11.8. The van der Waals surface area contributed by atoms with Crippen LogP contribution in [0, 0.1) is 0 Å². The summed E-state index contributed by atoms with van der Waals surface area (Å²) < 4.78 is 22.9. The third-order valence-electron chi connectivity index (χ3n) is 9.25. The minimum absolute atomic E-state index is 0.00697. The fraction of sp³-hybridized carbons (Fsp3) is 0.159. The lowest BCUT2D eigenvalue weighted by atomic mass is 9.76. The molecule has 1 atom stereocenters. The van der Waals surface area contributed by atoms with Crippen LogP contribution in [0.4, 0.5) is 0 Å². The Bertz CT molecular complexity index is 2170. The summed E-state index contributed by atoms with van der Waals surface area (Å²) in [5.41, 5.74) is 5.07. The lowest BCUT2D eigenvalue weighted by molar-refractivity contribution is -0.148. The number of hydrogen-bond acceptors (Lipinski definition) is 9. The molecular weight excluding hydrogens is 681 g/mol. The summed E-state index contributed by atoms with van der Waals surface area (Å²) in [5, 5.41) is 12.0. The van der Waals surface area contributed by atoms with Gasteiger partial charge in [-0.3, -0.25) is 10.1 Å². The van der Waals surface area contributed by atoms with Crippen LogP contribution in [0.2, 0.25) is 0 Å². The first-order valence-electron chi connectivity index (χ1n) is 17.5. The van der Waals surface area contributed by atoms with Gasteiger partial charge in [0.2, 0.25) is 0 Å². The van der Waals surface area contributed by atoms with Crippen LogP contribution in [0.5, 0.6) is 17.2 Å². The predicted octanol–water partition coefficient (Wildman–Crippen LogP) is 7.15. The highest BCUT2D eigenvalue weighted by atomic mass is 16.8. The third-order valence-corrected chi connectivity index (χ3v) is 9.25. The Labute approximate surface area is 313 Å². The first-order valence-corrected chi connectivity index (χ1v) is 17.5. The summed E-state index contributed by atoms with van der Waals surface area (Å²) in [4.78, 5) is 21.5. The van der Waals surface area contributed by atoms with Crippen LogP contribution >= 0.6 is 0 Å². The van der Waals surface area contributed by atoms with Crippen molar-refractivity contribution in [3.05, 3.63) is 186 Å². The van der Waals surface area contributed by atoms with Crippen molar-refractivity contribution < 1.29 is 28.6 Å². The summed E-state index contributed by atoms with van der Waals surface area (Å²) in [6.07, 6.45) is 0.314. The highest BCUT2D eigenvalue weighted by molar-refractivity contribution is 5.77. The summed E-state index contributed by atoms with van der Waals surface area (Å²) in [5.74, 6) is 1.38. The van der Waals surface area contributed by atoms with E-state index >= 15 is 0 Å². The number of carbonyl (C=O) groups is 1. The van der Waals surface area contributed by atoms with Crippen molar-refractivity contribution in [1.29, 1.82) is 0 Å². The quantitative estimate of drug-likeness (QED) is 0.0633. The summed E-state index contributed by atoms with van der Waals surface area (Å²) in [6.45, 7) is -0.0706. The second-order valence-corrected chi connectivity index (χ2v) is 12.5. The van der Waals surface area contributed by atoms with Gasteiger partial charge in [0.05, 0.1) is 19.8 Å². The van der Waals surface area contributed by atoms with Crippen LogP contribution in [0.25, 0.3) is 11.0 Å². The number of fused-ring (bicyclic) bond motifs is 1. The van der Waals surface area contributed by atoms with Crippen LogP contribution in [-0.4, -0.2) is 48.2 Å². The van der Waals surface area contributed by atoms with E-state index in [-0.39, 0.29) is 13.4 Å². The van der Waals surface area contributed by atoms with Crippen LogP contribution in [0.15, 0.2) is 158 Å². The van der Waals surface area contributed by atoms with E-state index in [0.717, 1.165) is 33.3 Å². The van der Waals surface area contributed by atoms with Gasteiger partial charge in [-0.1, -0.05) is 120 Å². The molecule has 7 rings (SSSR count). The summed E-state index contributed by atoms with van der Waals surface area (Å²) in [6, 6.07) is 50.2. The number of ether oxygens (including phenoxy) is 4. The van der Waals surface area contributed by atoms with Crippen molar-refractivity contribution in [2.45, 2.75) is 24.6 Å². The van der Waals surface area contributed by atoms with Gasteiger partial charge in [0.25, 0.3) is 6.79 Å². The van der Waals surface area contributed by atoms with E-state index in [4.69, 9.17) is 23.8 Å². The van der Waals surface area contributed by atoms with Gasteiger partial charge in [-0.15, -0.1) is 5.10 Å². The van der Waals surface area contributed by atoms with E-state index in [1.54, 1.807) is 20.3 Å². The van der Waals surface area contributed by atoms with E-state index in [0.29, 0.717) is 29.2 Å². The fourth-order valence-corrected chi connectivity index (χ4v) is 6.53. The zero-order valence-corrected chi connectivity index (χ0v) is 30.0. The van der Waals surface area contributed by atoms with Gasteiger partial charge in [-0.2, -0.15) is 0 Å². The van der Waals surface area contributed by atoms with Crippen LogP contribution < -0.4 is 24.4 Å². The Morgan fingerprint density at radius 3 is 1.91 bits per heavy atom. The number of rotatable bonds is 16. The Morgan fingerprint density at radius 2 is 1.30 bits per heavy atom. The molecule has 1 heterocycles. The van der Waals surface area contributed by atoms with Gasteiger partial charge in [-0.25, -0.2) is 0 Å². The monoisotopic (exact) mass is 720 g/mol. The first-order chi connectivity index (χ1) is 26.6. The number of hydrogen-bond donors (Lipinski definition) is 1. The second-order valence-electron chi connectivity index (χ2n) is 12.5. The molecule has 1 N–H and O–H groups in total. The molecule has 10 heteroatoms. The Kier molecular flexibility index (Phi) is 11.1. The lowest BCUT2D eigenvalue weighted by Crippen LogP contribution is -2.53. The topological polar surface area (TPSA) is 106 Å². The van der Waals surface area contributed by atoms with E-state index in [9.17, 15) is 4.79 Å².